The Bertz CT molecular complexity index is 1400. The Balaban J connectivity index is 1.88. The number of rotatable bonds is 8. The molecule has 1 N–H and O–H groups in total. The van der Waals surface area contributed by atoms with Crippen LogP contribution in [0.1, 0.15) is 19.4 Å². The van der Waals surface area contributed by atoms with Gasteiger partial charge in [0, 0.05) is 11.8 Å². The Kier molecular flexibility index (Phi) is 7.65. The summed E-state index contributed by atoms with van der Waals surface area (Å²) in [6.45, 7) is 5.59. The van der Waals surface area contributed by atoms with Crippen molar-refractivity contribution >= 4 is 28.8 Å². The zero-order valence-electron chi connectivity index (χ0n) is 20.3. The molecule has 0 fully saturated rings. The molecule has 0 atom stereocenters. The van der Waals surface area contributed by atoms with E-state index in [4.69, 9.17) is 14.5 Å². The van der Waals surface area contributed by atoms with Gasteiger partial charge >= 0.3 is 11.9 Å². The summed E-state index contributed by atoms with van der Waals surface area (Å²) < 4.78 is 10.0. The molecule has 0 aliphatic heterocycles. The number of hydrogen-bond acceptors (Lipinski definition) is 8. The minimum absolute atomic E-state index is 0.121. The van der Waals surface area contributed by atoms with Gasteiger partial charge in [0.25, 0.3) is 0 Å². The summed E-state index contributed by atoms with van der Waals surface area (Å²) in [4.78, 5) is 38.4. The van der Waals surface area contributed by atoms with Crippen LogP contribution >= 0.6 is 0 Å². The summed E-state index contributed by atoms with van der Waals surface area (Å²) in [6.07, 6.45) is 2.63. The summed E-state index contributed by atoms with van der Waals surface area (Å²) in [7, 11) is 0. The van der Waals surface area contributed by atoms with Crippen molar-refractivity contribution in [2.24, 2.45) is 0 Å². The average molecular weight is 483 g/mol. The third-order valence-corrected chi connectivity index (χ3v) is 5.38. The van der Waals surface area contributed by atoms with E-state index in [1.807, 2.05) is 67.6 Å². The molecule has 0 bridgehead atoms. The molecule has 0 saturated heterocycles. The maximum Gasteiger partial charge on any atom is 0.347 e. The smallest absolute Gasteiger partial charge is 0.347 e. The van der Waals surface area contributed by atoms with E-state index in [0.717, 1.165) is 27.9 Å². The lowest BCUT2D eigenvalue weighted by atomic mass is 9.99. The molecule has 0 saturated carbocycles. The van der Waals surface area contributed by atoms with E-state index in [0.29, 0.717) is 16.9 Å². The van der Waals surface area contributed by atoms with Crippen LogP contribution < -0.4 is 5.32 Å². The molecule has 0 amide bonds. The van der Waals surface area contributed by atoms with Gasteiger partial charge in [-0.15, -0.1) is 0 Å². The lowest BCUT2D eigenvalue weighted by Gasteiger charge is -2.13. The third kappa shape index (κ3) is 5.38. The van der Waals surface area contributed by atoms with Gasteiger partial charge in [0.1, 0.15) is 12.1 Å². The summed E-state index contributed by atoms with van der Waals surface area (Å²) in [5.41, 5.74) is 4.84. The molecule has 4 rings (SSSR count). The van der Waals surface area contributed by atoms with Gasteiger partial charge in [0.2, 0.25) is 0 Å². The summed E-state index contributed by atoms with van der Waals surface area (Å²) >= 11 is 0. The van der Waals surface area contributed by atoms with Gasteiger partial charge in [-0.05, 0) is 38.0 Å². The second kappa shape index (κ2) is 11.2. The molecule has 182 valence electrons. The molecular formula is C28H26N4O4. The molecule has 0 aliphatic rings. The van der Waals surface area contributed by atoms with Crippen molar-refractivity contribution in [3.8, 4) is 22.4 Å². The lowest BCUT2D eigenvalue weighted by Crippen LogP contribution is -2.19. The minimum Gasteiger partial charge on any atom is -0.462 e. The summed E-state index contributed by atoms with van der Waals surface area (Å²) in [5.74, 6) is -1.19. The number of nitrogens with zero attached hydrogens (tertiary/aromatic N) is 3. The lowest BCUT2D eigenvalue weighted by molar-refractivity contribution is -0.146. The number of carbonyl (C=O) groups is 2. The number of hydrogen-bond donors (Lipinski definition) is 1. The van der Waals surface area contributed by atoms with Crippen LogP contribution in [0.5, 0.6) is 0 Å². The normalized spacial score (nSPS) is 10.5. The van der Waals surface area contributed by atoms with E-state index in [1.165, 1.54) is 12.5 Å². The number of aryl methyl sites for hydroxylation is 1. The number of carbonyl (C=O) groups excluding carboxylic acids is 2. The number of aromatic nitrogens is 3. The SMILES string of the molecule is CCOC(=O)C(=CNc1ncnc2nc(-c3ccccc3)cc(-c3ccc(C)cc3)c12)C(=O)OCC. The molecule has 2 heterocycles. The highest BCUT2D eigenvalue weighted by atomic mass is 16.6. The number of benzene rings is 2. The van der Waals surface area contributed by atoms with Gasteiger partial charge in [0.15, 0.2) is 11.2 Å². The van der Waals surface area contributed by atoms with Gasteiger partial charge in [-0.25, -0.2) is 24.5 Å². The molecule has 8 nitrogen and oxygen atoms in total. The van der Waals surface area contributed by atoms with Crippen molar-refractivity contribution in [3.63, 3.8) is 0 Å². The summed E-state index contributed by atoms with van der Waals surface area (Å²) in [5, 5.41) is 3.64. The largest absolute Gasteiger partial charge is 0.462 e. The summed E-state index contributed by atoms with van der Waals surface area (Å²) in [6, 6.07) is 19.9. The Hall–Kier alpha value is -4.59. The highest BCUT2D eigenvalue weighted by Crippen LogP contribution is 2.34. The van der Waals surface area contributed by atoms with Crippen LogP contribution in [0.15, 0.2) is 78.8 Å². The molecule has 2 aromatic heterocycles. The van der Waals surface area contributed by atoms with Gasteiger partial charge < -0.3 is 14.8 Å². The van der Waals surface area contributed by atoms with E-state index < -0.39 is 11.9 Å². The maximum absolute atomic E-state index is 12.4. The van der Waals surface area contributed by atoms with Crippen LogP contribution in [-0.2, 0) is 19.1 Å². The molecule has 8 heteroatoms. The highest BCUT2D eigenvalue weighted by molar-refractivity contribution is 6.14. The first-order valence-corrected chi connectivity index (χ1v) is 11.6. The molecule has 0 unspecified atom stereocenters. The molecule has 4 aromatic rings. The number of fused-ring (bicyclic) bond motifs is 1. The first-order chi connectivity index (χ1) is 17.5. The molecule has 36 heavy (non-hydrogen) atoms. The van der Waals surface area contributed by atoms with Gasteiger partial charge in [-0.3, -0.25) is 0 Å². The van der Waals surface area contributed by atoms with E-state index in [2.05, 4.69) is 15.3 Å². The third-order valence-electron chi connectivity index (χ3n) is 5.38. The predicted molar refractivity (Wildman–Crippen MR) is 138 cm³/mol. The van der Waals surface area contributed by atoms with Crippen LogP contribution in [0.2, 0.25) is 0 Å². The van der Waals surface area contributed by atoms with Crippen molar-refractivity contribution in [3.05, 3.63) is 84.3 Å². The maximum atomic E-state index is 12.4. The van der Waals surface area contributed by atoms with E-state index >= 15 is 0 Å². The topological polar surface area (TPSA) is 103 Å². The fraction of sp³-hybridized carbons (Fsp3) is 0.179. The van der Waals surface area contributed by atoms with Crippen molar-refractivity contribution < 1.29 is 19.1 Å². The Morgan fingerprint density at radius 3 is 2.19 bits per heavy atom. The Morgan fingerprint density at radius 1 is 0.889 bits per heavy atom. The number of anilines is 1. The Morgan fingerprint density at radius 2 is 1.56 bits per heavy atom. The number of pyridine rings is 1. The fourth-order valence-electron chi connectivity index (χ4n) is 3.65. The fourth-order valence-corrected chi connectivity index (χ4v) is 3.65. The van der Waals surface area contributed by atoms with Crippen LogP contribution in [0.25, 0.3) is 33.4 Å². The molecular weight excluding hydrogens is 456 g/mol. The van der Waals surface area contributed by atoms with Crippen molar-refractivity contribution in [1.82, 2.24) is 15.0 Å². The number of ether oxygens (including phenoxy) is 2. The predicted octanol–water partition coefficient (Wildman–Crippen LogP) is 5.09. The molecule has 0 aliphatic carbocycles. The number of nitrogens with one attached hydrogen (secondary N) is 1. The van der Waals surface area contributed by atoms with E-state index in [1.54, 1.807) is 13.8 Å². The van der Waals surface area contributed by atoms with E-state index in [9.17, 15) is 9.59 Å². The number of esters is 2. The second-order valence-electron chi connectivity index (χ2n) is 7.85. The minimum atomic E-state index is -0.787. The molecule has 0 spiro atoms. The van der Waals surface area contributed by atoms with Crippen molar-refractivity contribution in [2.75, 3.05) is 18.5 Å². The first kappa shape index (κ1) is 24.5. The zero-order valence-corrected chi connectivity index (χ0v) is 20.3. The highest BCUT2D eigenvalue weighted by Gasteiger charge is 2.22. The van der Waals surface area contributed by atoms with Crippen molar-refractivity contribution in [1.29, 1.82) is 0 Å². The average Bonchev–Trinajstić information content (AvgIpc) is 2.89. The molecule has 0 radical (unpaired) electrons. The first-order valence-electron chi connectivity index (χ1n) is 11.6. The second-order valence-corrected chi connectivity index (χ2v) is 7.85. The quantitative estimate of drug-likeness (QED) is 0.160. The standard InChI is InChI=1S/C28H26N4O4/c1-4-35-27(33)22(28(34)36-5-2)16-29-25-24-21(19-13-11-18(3)12-14-19)15-23(20-9-7-6-8-10-20)32-26(24)31-17-30-25/h6-17H,4-5H2,1-3H3,(H,29,30,31,32). The van der Waals surface area contributed by atoms with Crippen LogP contribution in [0.3, 0.4) is 0 Å². The molecule has 2 aromatic carbocycles. The van der Waals surface area contributed by atoms with Crippen LogP contribution in [-0.4, -0.2) is 40.1 Å². The van der Waals surface area contributed by atoms with E-state index in [-0.39, 0.29) is 18.8 Å². The van der Waals surface area contributed by atoms with Crippen LogP contribution in [0, 0.1) is 6.92 Å². The van der Waals surface area contributed by atoms with Gasteiger partial charge in [-0.2, -0.15) is 0 Å². The van der Waals surface area contributed by atoms with Gasteiger partial charge in [0.05, 0.1) is 24.3 Å². The van der Waals surface area contributed by atoms with Crippen LogP contribution in [0.4, 0.5) is 5.82 Å². The van der Waals surface area contributed by atoms with Gasteiger partial charge in [-0.1, -0.05) is 60.2 Å². The van der Waals surface area contributed by atoms with Crippen molar-refractivity contribution in [2.45, 2.75) is 20.8 Å². The monoisotopic (exact) mass is 482 g/mol. The zero-order chi connectivity index (χ0) is 25.5. The Labute approximate surface area is 209 Å².